The number of nitrogens with zero attached hydrogens (tertiary/aromatic N) is 1. The van der Waals surface area contributed by atoms with Gasteiger partial charge in [0.05, 0.1) is 6.54 Å². The van der Waals surface area contributed by atoms with Crippen molar-refractivity contribution in [1.29, 1.82) is 0 Å². The monoisotopic (exact) mass is 263 g/mol. The maximum absolute atomic E-state index is 11.0. The number of amides is 2. The van der Waals surface area contributed by atoms with Gasteiger partial charge in [-0.15, -0.1) is 11.3 Å². The van der Waals surface area contributed by atoms with Crippen LogP contribution in [0.25, 0.3) is 0 Å². The minimum absolute atomic E-state index is 0.287. The number of rotatable bonds is 2. The molecule has 0 aliphatic carbocycles. The lowest BCUT2D eigenvalue weighted by molar-refractivity contribution is 0.207. The number of hydrogen-bond donors (Lipinski definition) is 2. The SMILES string of the molecule is CN(Cc1cc(Br)cs1)C(=O)NN. The molecule has 1 heterocycles. The van der Waals surface area contributed by atoms with Crippen LogP contribution in [0.4, 0.5) is 4.79 Å². The molecule has 0 unspecified atom stereocenters. The number of thiophene rings is 1. The molecule has 0 radical (unpaired) electrons. The Labute approximate surface area is 88.8 Å². The van der Waals surface area contributed by atoms with Crippen LogP contribution in [-0.4, -0.2) is 18.0 Å². The molecule has 0 aliphatic heterocycles. The van der Waals surface area contributed by atoms with Crippen molar-refractivity contribution in [3.05, 3.63) is 20.8 Å². The molecule has 0 saturated carbocycles. The molecular formula is C7H10BrN3OS. The zero-order valence-electron chi connectivity index (χ0n) is 7.08. The fraction of sp³-hybridized carbons (Fsp3) is 0.286. The summed E-state index contributed by atoms with van der Waals surface area (Å²) in [5, 5.41) is 1.98. The van der Waals surface area contributed by atoms with E-state index in [9.17, 15) is 4.79 Å². The van der Waals surface area contributed by atoms with E-state index in [0.29, 0.717) is 6.54 Å². The molecule has 0 spiro atoms. The van der Waals surface area contributed by atoms with Gasteiger partial charge in [-0.05, 0) is 22.0 Å². The van der Waals surface area contributed by atoms with E-state index >= 15 is 0 Å². The van der Waals surface area contributed by atoms with Crippen LogP contribution in [0.1, 0.15) is 4.88 Å². The smallest absolute Gasteiger partial charge is 0.322 e. The van der Waals surface area contributed by atoms with Crippen LogP contribution in [0.15, 0.2) is 15.9 Å². The number of carbonyl (C=O) groups is 1. The van der Waals surface area contributed by atoms with Gasteiger partial charge in [0.15, 0.2) is 0 Å². The molecule has 2 amide bonds. The van der Waals surface area contributed by atoms with Gasteiger partial charge in [0, 0.05) is 21.8 Å². The van der Waals surface area contributed by atoms with Crippen LogP contribution in [-0.2, 0) is 6.54 Å². The van der Waals surface area contributed by atoms with Crippen LogP contribution in [0, 0.1) is 0 Å². The number of urea groups is 1. The Hall–Kier alpha value is -0.590. The fourth-order valence-corrected chi connectivity index (χ4v) is 2.36. The van der Waals surface area contributed by atoms with Crippen LogP contribution in [0.3, 0.4) is 0 Å². The topological polar surface area (TPSA) is 58.4 Å². The van der Waals surface area contributed by atoms with E-state index in [-0.39, 0.29) is 6.03 Å². The Morgan fingerprint density at radius 3 is 3.00 bits per heavy atom. The maximum atomic E-state index is 11.0. The largest absolute Gasteiger partial charge is 0.331 e. The van der Waals surface area contributed by atoms with E-state index in [0.717, 1.165) is 9.35 Å². The zero-order valence-corrected chi connectivity index (χ0v) is 9.48. The van der Waals surface area contributed by atoms with Crippen LogP contribution in [0.5, 0.6) is 0 Å². The van der Waals surface area contributed by atoms with Crippen LogP contribution >= 0.6 is 27.3 Å². The highest BCUT2D eigenvalue weighted by molar-refractivity contribution is 9.10. The van der Waals surface area contributed by atoms with Crippen molar-refractivity contribution in [3.8, 4) is 0 Å². The second-order valence-electron chi connectivity index (χ2n) is 2.54. The summed E-state index contributed by atoms with van der Waals surface area (Å²) in [7, 11) is 1.69. The molecule has 0 saturated heterocycles. The van der Waals surface area contributed by atoms with Crippen molar-refractivity contribution in [1.82, 2.24) is 10.3 Å². The van der Waals surface area contributed by atoms with Crippen LogP contribution < -0.4 is 11.3 Å². The number of nitrogens with two attached hydrogens (primary N) is 1. The minimum Gasteiger partial charge on any atom is -0.322 e. The molecular weight excluding hydrogens is 254 g/mol. The van der Waals surface area contributed by atoms with Gasteiger partial charge >= 0.3 is 6.03 Å². The molecule has 3 N–H and O–H groups in total. The quantitative estimate of drug-likeness (QED) is 0.483. The molecule has 1 rings (SSSR count). The Balaban J connectivity index is 2.54. The molecule has 0 aromatic carbocycles. The number of hydrogen-bond acceptors (Lipinski definition) is 3. The summed E-state index contributed by atoms with van der Waals surface area (Å²) >= 11 is 4.94. The van der Waals surface area contributed by atoms with E-state index < -0.39 is 0 Å². The Bertz CT molecular complexity index is 302. The summed E-state index contributed by atoms with van der Waals surface area (Å²) in [4.78, 5) is 13.6. The number of carbonyl (C=O) groups excluding carboxylic acids is 1. The standard InChI is InChI=1S/C7H10BrN3OS/c1-11(7(12)10-9)3-6-2-5(8)4-13-6/h2,4H,3,9H2,1H3,(H,10,12). The first-order valence-electron chi connectivity index (χ1n) is 3.58. The molecule has 1 aromatic rings. The number of nitrogens with one attached hydrogen (secondary N) is 1. The maximum Gasteiger partial charge on any atom is 0.331 e. The third-order valence-electron chi connectivity index (χ3n) is 1.48. The Morgan fingerprint density at radius 1 is 1.85 bits per heavy atom. The minimum atomic E-state index is -0.287. The van der Waals surface area contributed by atoms with Gasteiger partial charge in [0.25, 0.3) is 0 Å². The van der Waals surface area contributed by atoms with Gasteiger partial charge in [0.1, 0.15) is 0 Å². The lowest BCUT2D eigenvalue weighted by atomic mass is 10.4. The molecule has 0 bridgehead atoms. The number of halogens is 1. The molecule has 0 fully saturated rings. The first kappa shape index (κ1) is 10.5. The molecule has 13 heavy (non-hydrogen) atoms. The third-order valence-corrected chi connectivity index (χ3v) is 3.17. The molecule has 0 aliphatic rings. The Morgan fingerprint density at radius 2 is 2.54 bits per heavy atom. The van der Waals surface area contributed by atoms with E-state index in [1.54, 1.807) is 18.4 Å². The van der Waals surface area contributed by atoms with Gasteiger partial charge in [-0.25, -0.2) is 10.6 Å². The normalized spacial score (nSPS) is 9.77. The van der Waals surface area contributed by atoms with Gasteiger partial charge in [-0.1, -0.05) is 0 Å². The first-order chi connectivity index (χ1) is 6.13. The highest BCUT2D eigenvalue weighted by Crippen LogP contribution is 2.20. The van der Waals surface area contributed by atoms with Crippen molar-refractivity contribution < 1.29 is 4.79 Å². The molecule has 4 nitrogen and oxygen atoms in total. The molecule has 6 heteroatoms. The zero-order chi connectivity index (χ0) is 9.84. The van der Waals surface area contributed by atoms with Crippen molar-refractivity contribution >= 4 is 33.3 Å². The van der Waals surface area contributed by atoms with E-state index in [2.05, 4.69) is 21.4 Å². The van der Waals surface area contributed by atoms with Gasteiger partial charge in [-0.3, -0.25) is 5.43 Å². The second kappa shape index (κ2) is 4.59. The average molecular weight is 264 g/mol. The predicted molar refractivity (Wildman–Crippen MR) is 56.2 cm³/mol. The van der Waals surface area contributed by atoms with Crippen molar-refractivity contribution in [2.75, 3.05) is 7.05 Å². The summed E-state index contributed by atoms with van der Waals surface area (Å²) < 4.78 is 1.04. The van der Waals surface area contributed by atoms with Crippen molar-refractivity contribution in [2.24, 2.45) is 5.84 Å². The van der Waals surface area contributed by atoms with Gasteiger partial charge in [0.2, 0.25) is 0 Å². The number of hydrazine groups is 1. The summed E-state index contributed by atoms with van der Waals surface area (Å²) in [5.41, 5.74) is 2.07. The summed E-state index contributed by atoms with van der Waals surface area (Å²) in [5.74, 6) is 4.98. The highest BCUT2D eigenvalue weighted by atomic mass is 79.9. The first-order valence-corrected chi connectivity index (χ1v) is 5.25. The summed E-state index contributed by atoms with van der Waals surface area (Å²) in [6, 6.07) is 1.69. The highest BCUT2D eigenvalue weighted by Gasteiger charge is 2.07. The van der Waals surface area contributed by atoms with Crippen molar-refractivity contribution in [2.45, 2.75) is 6.54 Å². The fourth-order valence-electron chi connectivity index (χ4n) is 0.852. The van der Waals surface area contributed by atoms with E-state index in [1.165, 1.54) is 4.90 Å². The third kappa shape index (κ3) is 2.98. The second-order valence-corrected chi connectivity index (χ2v) is 4.45. The summed E-state index contributed by atoms with van der Waals surface area (Å²) in [6.07, 6.45) is 0. The van der Waals surface area contributed by atoms with E-state index in [4.69, 9.17) is 5.84 Å². The average Bonchev–Trinajstić information content (AvgIpc) is 2.49. The lowest BCUT2D eigenvalue weighted by Gasteiger charge is -2.14. The molecule has 72 valence electrons. The Kier molecular flexibility index (Phi) is 3.71. The lowest BCUT2D eigenvalue weighted by Crippen LogP contribution is -2.40. The van der Waals surface area contributed by atoms with Crippen molar-refractivity contribution in [3.63, 3.8) is 0 Å². The van der Waals surface area contributed by atoms with Crippen LogP contribution in [0.2, 0.25) is 0 Å². The summed E-state index contributed by atoms with van der Waals surface area (Å²) in [6.45, 7) is 0.569. The van der Waals surface area contributed by atoms with E-state index in [1.807, 2.05) is 11.4 Å². The predicted octanol–water partition coefficient (Wildman–Crippen LogP) is 1.53. The molecule has 0 atom stereocenters. The molecule has 1 aromatic heterocycles. The van der Waals surface area contributed by atoms with Gasteiger partial charge < -0.3 is 4.90 Å². The van der Waals surface area contributed by atoms with Gasteiger partial charge in [-0.2, -0.15) is 0 Å².